The highest BCUT2D eigenvalue weighted by Crippen LogP contribution is 2.32. The van der Waals surface area contributed by atoms with Gasteiger partial charge >= 0.3 is 0 Å². The van der Waals surface area contributed by atoms with Crippen LogP contribution in [0.3, 0.4) is 0 Å². The van der Waals surface area contributed by atoms with Crippen molar-refractivity contribution in [2.24, 2.45) is 0 Å². The molecular weight excluding hydrogens is 346 g/mol. The van der Waals surface area contributed by atoms with Gasteiger partial charge in [0.25, 0.3) is 0 Å². The van der Waals surface area contributed by atoms with E-state index in [-0.39, 0.29) is 4.91 Å². The lowest BCUT2D eigenvalue weighted by atomic mass is 10.1. The number of sulfonamides is 1. The van der Waals surface area contributed by atoms with E-state index in [4.69, 9.17) is 9.47 Å². The van der Waals surface area contributed by atoms with E-state index in [0.717, 1.165) is 10.0 Å². The Morgan fingerprint density at radius 3 is 2.45 bits per heavy atom. The Morgan fingerprint density at radius 2 is 1.95 bits per heavy atom. The molecule has 1 aliphatic heterocycles. The maximum absolute atomic E-state index is 12.3. The van der Waals surface area contributed by atoms with Gasteiger partial charge in [-0.3, -0.25) is 0 Å². The molecule has 110 valence electrons. The molecule has 0 radical (unpaired) electrons. The van der Waals surface area contributed by atoms with Crippen LogP contribution in [0.25, 0.3) is 6.08 Å². The minimum absolute atomic E-state index is 0.167. The SMILES string of the molecule is COC1NS(=O)(=O)/C(=C/c2ccc(Br)cc2)C(C)(C)O1. The van der Waals surface area contributed by atoms with Crippen LogP contribution in [-0.4, -0.2) is 27.5 Å². The van der Waals surface area contributed by atoms with Crippen molar-refractivity contribution >= 4 is 32.0 Å². The molecule has 1 aromatic carbocycles. The van der Waals surface area contributed by atoms with Gasteiger partial charge in [0.15, 0.2) is 0 Å². The van der Waals surface area contributed by atoms with E-state index >= 15 is 0 Å². The van der Waals surface area contributed by atoms with Gasteiger partial charge in [0.2, 0.25) is 16.4 Å². The van der Waals surface area contributed by atoms with E-state index in [2.05, 4.69) is 20.7 Å². The lowest BCUT2D eigenvalue weighted by molar-refractivity contribution is -0.184. The molecule has 1 heterocycles. The van der Waals surface area contributed by atoms with Crippen LogP contribution in [0.4, 0.5) is 0 Å². The topological polar surface area (TPSA) is 64.6 Å². The Kier molecular flexibility index (Phi) is 4.36. The summed E-state index contributed by atoms with van der Waals surface area (Å²) in [5.74, 6) is 0. The van der Waals surface area contributed by atoms with Gasteiger partial charge in [0.05, 0.1) is 4.91 Å². The third-order valence-corrected chi connectivity index (χ3v) is 5.14. The molecule has 7 heteroatoms. The summed E-state index contributed by atoms with van der Waals surface area (Å²) >= 11 is 3.34. The summed E-state index contributed by atoms with van der Waals surface area (Å²) in [6.07, 6.45) is 0.623. The van der Waals surface area contributed by atoms with Crippen LogP contribution < -0.4 is 4.72 Å². The van der Waals surface area contributed by atoms with Gasteiger partial charge in [-0.15, -0.1) is 0 Å². The fourth-order valence-corrected chi connectivity index (χ4v) is 3.70. The highest BCUT2D eigenvalue weighted by molar-refractivity contribution is 9.10. The number of hydrogen-bond acceptors (Lipinski definition) is 4. The molecule has 0 aliphatic carbocycles. The van der Waals surface area contributed by atoms with Gasteiger partial charge in [-0.05, 0) is 37.6 Å². The number of rotatable bonds is 2. The summed E-state index contributed by atoms with van der Waals surface area (Å²) in [7, 11) is -2.27. The zero-order valence-corrected chi connectivity index (χ0v) is 13.8. The Labute approximate surface area is 127 Å². The van der Waals surface area contributed by atoms with Crippen molar-refractivity contribution < 1.29 is 17.9 Å². The zero-order chi connectivity index (χ0) is 15.0. The van der Waals surface area contributed by atoms with Gasteiger partial charge in [0, 0.05) is 11.6 Å². The van der Waals surface area contributed by atoms with Gasteiger partial charge in [-0.2, -0.15) is 4.72 Å². The molecule has 0 bridgehead atoms. The molecule has 1 saturated heterocycles. The van der Waals surface area contributed by atoms with Crippen LogP contribution in [0.1, 0.15) is 19.4 Å². The Morgan fingerprint density at radius 1 is 1.35 bits per heavy atom. The zero-order valence-electron chi connectivity index (χ0n) is 11.4. The standard InChI is InChI=1S/C13H16BrNO4S/c1-13(2)11(8-9-4-6-10(14)7-5-9)20(16,17)15-12(18-3)19-13/h4-8,12,15H,1-3H3/b11-8+. The van der Waals surface area contributed by atoms with Crippen molar-refractivity contribution in [1.29, 1.82) is 0 Å². The molecule has 1 N–H and O–H groups in total. The Bertz CT molecular complexity index is 622. The van der Waals surface area contributed by atoms with Crippen molar-refractivity contribution in [1.82, 2.24) is 4.72 Å². The lowest BCUT2D eigenvalue weighted by Gasteiger charge is -2.37. The lowest BCUT2D eigenvalue weighted by Crippen LogP contribution is -2.53. The van der Waals surface area contributed by atoms with Gasteiger partial charge in [0.1, 0.15) is 5.60 Å². The second-order valence-corrected chi connectivity index (χ2v) is 7.48. The molecule has 1 fully saturated rings. The molecule has 0 amide bonds. The smallest absolute Gasteiger partial charge is 0.243 e. The average molecular weight is 362 g/mol. The number of benzene rings is 1. The van der Waals surface area contributed by atoms with Gasteiger partial charge in [-0.25, -0.2) is 8.42 Å². The molecule has 1 atom stereocenters. The second-order valence-electron chi connectivity index (χ2n) is 4.88. The van der Waals surface area contributed by atoms with E-state index in [9.17, 15) is 8.42 Å². The first-order chi connectivity index (χ1) is 9.24. The Balaban J connectivity index is 2.45. The number of halogens is 1. The molecule has 0 saturated carbocycles. The largest absolute Gasteiger partial charge is 0.342 e. The molecule has 5 nitrogen and oxygen atoms in total. The van der Waals surface area contributed by atoms with E-state index < -0.39 is 22.0 Å². The molecule has 2 rings (SSSR count). The van der Waals surface area contributed by atoms with Crippen LogP contribution in [0, 0.1) is 0 Å². The predicted molar refractivity (Wildman–Crippen MR) is 80.1 cm³/mol. The molecule has 1 unspecified atom stereocenters. The third-order valence-electron chi connectivity index (χ3n) is 2.92. The number of ether oxygens (including phenoxy) is 2. The van der Waals surface area contributed by atoms with Gasteiger partial charge < -0.3 is 9.47 Å². The van der Waals surface area contributed by atoms with Gasteiger partial charge in [-0.1, -0.05) is 28.1 Å². The van der Waals surface area contributed by atoms with Crippen molar-refractivity contribution in [3.05, 3.63) is 39.2 Å². The molecule has 0 spiro atoms. The maximum atomic E-state index is 12.3. The van der Waals surface area contributed by atoms with E-state index in [0.29, 0.717) is 0 Å². The average Bonchev–Trinajstić information content (AvgIpc) is 2.35. The fraction of sp³-hybridized carbons (Fsp3) is 0.385. The normalized spacial score (nSPS) is 26.6. The molecular formula is C13H16BrNO4S. The first-order valence-corrected chi connectivity index (χ1v) is 8.23. The molecule has 20 heavy (non-hydrogen) atoms. The van der Waals surface area contributed by atoms with Crippen molar-refractivity contribution in [2.75, 3.05) is 7.11 Å². The number of hydrogen-bond donors (Lipinski definition) is 1. The summed E-state index contributed by atoms with van der Waals surface area (Å²) in [5.41, 5.74) is -0.196. The van der Waals surface area contributed by atoms with Crippen LogP contribution in [0.5, 0.6) is 0 Å². The van der Waals surface area contributed by atoms with Crippen LogP contribution >= 0.6 is 15.9 Å². The maximum Gasteiger partial charge on any atom is 0.243 e. The number of nitrogens with one attached hydrogen (secondary N) is 1. The highest BCUT2D eigenvalue weighted by Gasteiger charge is 2.42. The van der Waals surface area contributed by atoms with Crippen molar-refractivity contribution in [2.45, 2.75) is 25.9 Å². The minimum atomic E-state index is -3.65. The summed E-state index contributed by atoms with van der Waals surface area (Å²) in [4.78, 5) is 0.167. The number of methoxy groups -OCH3 is 1. The van der Waals surface area contributed by atoms with E-state index in [1.54, 1.807) is 19.9 Å². The predicted octanol–water partition coefficient (Wildman–Crippen LogP) is 2.45. The van der Waals surface area contributed by atoms with Crippen molar-refractivity contribution in [3.63, 3.8) is 0 Å². The summed E-state index contributed by atoms with van der Waals surface area (Å²) in [6, 6.07) is 7.35. The minimum Gasteiger partial charge on any atom is -0.342 e. The Hall–Kier alpha value is -0.730. The third kappa shape index (κ3) is 3.29. The van der Waals surface area contributed by atoms with E-state index in [1.807, 2.05) is 24.3 Å². The summed E-state index contributed by atoms with van der Waals surface area (Å²) < 4.78 is 38.3. The first kappa shape index (κ1) is 15.7. The molecule has 0 aromatic heterocycles. The molecule has 1 aliphatic rings. The van der Waals surface area contributed by atoms with Crippen LogP contribution in [0.15, 0.2) is 33.6 Å². The monoisotopic (exact) mass is 361 g/mol. The quantitative estimate of drug-likeness (QED) is 0.878. The second kappa shape index (κ2) is 5.57. The first-order valence-electron chi connectivity index (χ1n) is 5.95. The van der Waals surface area contributed by atoms with E-state index in [1.165, 1.54) is 7.11 Å². The highest BCUT2D eigenvalue weighted by atomic mass is 79.9. The van der Waals surface area contributed by atoms with Crippen LogP contribution in [-0.2, 0) is 19.5 Å². The fourth-order valence-electron chi connectivity index (χ4n) is 1.92. The molecule has 1 aromatic rings. The van der Waals surface area contributed by atoms with Crippen molar-refractivity contribution in [3.8, 4) is 0 Å². The summed E-state index contributed by atoms with van der Waals surface area (Å²) in [6.45, 7) is 3.39. The van der Waals surface area contributed by atoms with Crippen LogP contribution in [0.2, 0.25) is 0 Å². The summed E-state index contributed by atoms with van der Waals surface area (Å²) in [5, 5.41) is 0.